The standard InChI is InChI=1S/C14H30N2/c1-11(2)13(4)10-16-7-6-14(5)15-8-12(3)9-16/h11-15H,6-10H2,1-5H3. The molecule has 1 aliphatic heterocycles. The SMILES string of the molecule is CC1CNC(C)CCN(CC(C)C(C)C)C1. The Balaban J connectivity index is 2.43. The van der Waals surface area contributed by atoms with Gasteiger partial charge in [-0.15, -0.1) is 0 Å². The first-order valence-electron chi connectivity index (χ1n) is 6.94. The third kappa shape index (κ3) is 4.84. The molecule has 96 valence electrons. The van der Waals surface area contributed by atoms with Gasteiger partial charge in [0.25, 0.3) is 0 Å². The summed E-state index contributed by atoms with van der Waals surface area (Å²) in [7, 11) is 0. The molecule has 1 aliphatic rings. The Morgan fingerprint density at radius 1 is 1.25 bits per heavy atom. The van der Waals surface area contributed by atoms with Crippen molar-refractivity contribution in [3.63, 3.8) is 0 Å². The second-order valence-corrected chi connectivity index (χ2v) is 6.18. The van der Waals surface area contributed by atoms with E-state index in [-0.39, 0.29) is 0 Å². The van der Waals surface area contributed by atoms with Crippen molar-refractivity contribution in [2.45, 2.75) is 47.1 Å². The summed E-state index contributed by atoms with van der Waals surface area (Å²) in [4.78, 5) is 2.67. The Morgan fingerprint density at radius 2 is 1.94 bits per heavy atom. The average Bonchev–Trinajstić information content (AvgIpc) is 2.20. The highest BCUT2D eigenvalue weighted by Gasteiger charge is 2.19. The fraction of sp³-hybridized carbons (Fsp3) is 1.00. The van der Waals surface area contributed by atoms with E-state index in [9.17, 15) is 0 Å². The summed E-state index contributed by atoms with van der Waals surface area (Å²) in [6, 6.07) is 0.680. The van der Waals surface area contributed by atoms with E-state index in [0.29, 0.717) is 6.04 Å². The molecule has 1 heterocycles. The summed E-state index contributed by atoms with van der Waals surface area (Å²) < 4.78 is 0. The first-order valence-corrected chi connectivity index (χ1v) is 6.94. The van der Waals surface area contributed by atoms with Gasteiger partial charge in [-0.3, -0.25) is 0 Å². The molecule has 0 bridgehead atoms. The van der Waals surface area contributed by atoms with E-state index in [0.717, 1.165) is 17.8 Å². The molecule has 0 saturated carbocycles. The maximum absolute atomic E-state index is 3.60. The van der Waals surface area contributed by atoms with Crippen LogP contribution in [0.3, 0.4) is 0 Å². The molecule has 0 amide bonds. The van der Waals surface area contributed by atoms with E-state index in [4.69, 9.17) is 0 Å². The monoisotopic (exact) mass is 226 g/mol. The minimum Gasteiger partial charge on any atom is -0.314 e. The molecule has 1 saturated heterocycles. The van der Waals surface area contributed by atoms with Crippen LogP contribution in [0.15, 0.2) is 0 Å². The van der Waals surface area contributed by atoms with Crippen LogP contribution in [0.2, 0.25) is 0 Å². The minimum atomic E-state index is 0.680. The highest BCUT2D eigenvalue weighted by molar-refractivity contribution is 4.75. The molecule has 1 N–H and O–H groups in total. The number of hydrogen-bond acceptors (Lipinski definition) is 2. The van der Waals surface area contributed by atoms with Crippen LogP contribution in [-0.4, -0.2) is 37.1 Å². The van der Waals surface area contributed by atoms with Crippen LogP contribution in [0, 0.1) is 17.8 Å². The molecule has 16 heavy (non-hydrogen) atoms. The first kappa shape index (κ1) is 14.0. The van der Waals surface area contributed by atoms with E-state index in [1.807, 2.05) is 0 Å². The number of hydrogen-bond donors (Lipinski definition) is 1. The fourth-order valence-electron chi connectivity index (χ4n) is 2.26. The highest BCUT2D eigenvalue weighted by Crippen LogP contribution is 2.14. The predicted octanol–water partition coefficient (Wildman–Crippen LogP) is 2.60. The zero-order valence-corrected chi connectivity index (χ0v) is 11.8. The lowest BCUT2D eigenvalue weighted by molar-refractivity contribution is 0.165. The Bertz CT molecular complexity index is 191. The largest absolute Gasteiger partial charge is 0.314 e. The van der Waals surface area contributed by atoms with Gasteiger partial charge in [0.15, 0.2) is 0 Å². The number of rotatable bonds is 3. The third-order valence-electron chi connectivity index (χ3n) is 3.95. The zero-order chi connectivity index (χ0) is 12.1. The lowest BCUT2D eigenvalue weighted by Gasteiger charge is -2.33. The topological polar surface area (TPSA) is 15.3 Å². The van der Waals surface area contributed by atoms with Gasteiger partial charge in [0, 0.05) is 19.1 Å². The van der Waals surface area contributed by atoms with Crippen molar-refractivity contribution in [2.75, 3.05) is 26.2 Å². The predicted molar refractivity (Wildman–Crippen MR) is 71.7 cm³/mol. The number of nitrogens with zero attached hydrogens (tertiary/aromatic N) is 1. The third-order valence-corrected chi connectivity index (χ3v) is 3.95. The van der Waals surface area contributed by atoms with Gasteiger partial charge < -0.3 is 10.2 Å². The second kappa shape index (κ2) is 6.61. The van der Waals surface area contributed by atoms with E-state index < -0.39 is 0 Å². The van der Waals surface area contributed by atoms with Crippen LogP contribution in [0.1, 0.15) is 41.0 Å². The van der Waals surface area contributed by atoms with Gasteiger partial charge in [-0.1, -0.05) is 27.7 Å². The lowest BCUT2D eigenvalue weighted by Crippen LogP contribution is -2.44. The summed E-state index contributed by atoms with van der Waals surface area (Å²) in [5.74, 6) is 2.40. The summed E-state index contributed by atoms with van der Waals surface area (Å²) in [6.45, 7) is 16.7. The Hall–Kier alpha value is -0.0800. The summed E-state index contributed by atoms with van der Waals surface area (Å²) in [6.07, 6.45) is 1.29. The molecule has 0 aromatic carbocycles. The van der Waals surface area contributed by atoms with Crippen LogP contribution in [-0.2, 0) is 0 Å². The molecule has 0 aromatic heterocycles. The highest BCUT2D eigenvalue weighted by atomic mass is 15.1. The van der Waals surface area contributed by atoms with E-state index in [1.54, 1.807) is 0 Å². The molecule has 2 nitrogen and oxygen atoms in total. The molecule has 1 rings (SSSR count). The van der Waals surface area contributed by atoms with Crippen LogP contribution in [0.4, 0.5) is 0 Å². The van der Waals surface area contributed by atoms with E-state index in [2.05, 4.69) is 44.8 Å². The van der Waals surface area contributed by atoms with Gasteiger partial charge in [-0.2, -0.15) is 0 Å². The molecular formula is C14H30N2. The summed E-state index contributed by atoms with van der Waals surface area (Å²) >= 11 is 0. The van der Waals surface area contributed by atoms with E-state index >= 15 is 0 Å². The van der Waals surface area contributed by atoms with Crippen molar-refractivity contribution in [3.8, 4) is 0 Å². The Labute approximate surface area is 102 Å². The van der Waals surface area contributed by atoms with Crippen molar-refractivity contribution >= 4 is 0 Å². The molecule has 0 aromatic rings. The van der Waals surface area contributed by atoms with Crippen LogP contribution < -0.4 is 5.32 Å². The molecule has 0 spiro atoms. The van der Waals surface area contributed by atoms with E-state index in [1.165, 1.54) is 32.6 Å². The normalized spacial score (nSPS) is 31.1. The van der Waals surface area contributed by atoms with Gasteiger partial charge in [0.2, 0.25) is 0 Å². The summed E-state index contributed by atoms with van der Waals surface area (Å²) in [5, 5.41) is 3.60. The average molecular weight is 226 g/mol. The van der Waals surface area contributed by atoms with Crippen molar-refractivity contribution in [3.05, 3.63) is 0 Å². The Kier molecular flexibility index (Phi) is 5.77. The lowest BCUT2D eigenvalue weighted by atomic mass is 9.96. The maximum atomic E-state index is 3.60. The quantitative estimate of drug-likeness (QED) is 0.796. The minimum absolute atomic E-state index is 0.680. The molecule has 3 unspecified atom stereocenters. The van der Waals surface area contributed by atoms with Crippen LogP contribution >= 0.6 is 0 Å². The van der Waals surface area contributed by atoms with Gasteiger partial charge in [0.1, 0.15) is 0 Å². The van der Waals surface area contributed by atoms with Gasteiger partial charge >= 0.3 is 0 Å². The van der Waals surface area contributed by atoms with Crippen molar-refractivity contribution < 1.29 is 0 Å². The van der Waals surface area contributed by atoms with Gasteiger partial charge in [-0.05, 0) is 44.2 Å². The second-order valence-electron chi connectivity index (χ2n) is 6.18. The molecule has 2 heteroatoms. The van der Waals surface area contributed by atoms with Crippen molar-refractivity contribution in [2.24, 2.45) is 17.8 Å². The maximum Gasteiger partial charge on any atom is 0.00510 e. The molecule has 0 radical (unpaired) electrons. The van der Waals surface area contributed by atoms with Gasteiger partial charge in [-0.25, -0.2) is 0 Å². The molecule has 3 atom stereocenters. The van der Waals surface area contributed by atoms with Crippen LogP contribution in [0.25, 0.3) is 0 Å². The smallest absolute Gasteiger partial charge is 0.00510 e. The van der Waals surface area contributed by atoms with Crippen molar-refractivity contribution in [1.29, 1.82) is 0 Å². The fourth-order valence-corrected chi connectivity index (χ4v) is 2.26. The molecule has 0 aliphatic carbocycles. The Morgan fingerprint density at radius 3 is 2.56 bits per heavy atom. The van der Waals surface area contributed by atoms with Crippen molar-refractivity contribution in [1.82, 2.24) is 10.2 Å². The van der Waals surface area contributed by atoms with Gasteiger partial charge in [0.05, 0.1) is 0 Å². The summed E-state index contributed by atoms with van der Waals surface area (Å²) in [5.41, 5.74) is 0. The number of nitrogens with one attached hydrogen (secondary N) is 1. The zero-order valence-electron chi connectivity index (χ0n) is 11.8. The molecule has 1 fully saturated rings. The molecular weight excluding hydrogens is 196 g/mol. The van der Waals surface area contributed by atoms with Crippen LogP contribution in [0.5, 0.6) is 0 Å². The first-order chi connectivity index (χ1) is 7.49.